The molecule has 1 fully saturated rings. The van der Waals surface area contributed by atoms with Crippen molar-refractivity contribution < 1.29 is 9.90 Å². The fraction of sp³-hybridized carbons (Fsp3) is 0.353. The van der Waals surface area contributed by atoms with E-state index in [0.717, 1.165) is 33.2 Å². The SMILES string of the molecule is Cc1c(Cl)cccc1-n1c(C)cc([C@@H]2NC[C@H](C(=O)O)S2)c1C. The first-order valence-corrected chi connectivity index (χ1v) is 8.78. The maximum Gasteiger partial charge on any atom is 0.318 e. The van der Waals surface area contributed by atoms with E-state index < -0.39 is 11.2 Å². The van der Waals surface area contributed by atoms with Crippen LogP contribution in [0.5, 0.6) is 0 Å². The summed E-state index contributed by atoms with van der Waals surface area (Å²) in [6.07, 6.45) is 0. The van der Waals surface area contributed by atoms with Gasteiger partial charge in [0.25, 0.3) is 0 Å². The molecule has 3 rings (SSSR count). The zero-order valence-electron chi connectivity index (χ0n) is 13.3. The van der Waals surface area contributed by atoms with Gasteiger partial charge in [-0.25, -0.2) is 0 Å². The molecule has 2 heterocycles. The molecule has 0 bridgehead atoms. The Morgan fingerprint density at radius 2 is 2.13 bits per heavy atom. The highest BCUT2D eigenvalue weighted by Crippen LogP contribution is 2.39. The van der Waals surface area contributed by atoms with Crippen molar-refractivity contribution in [2.45, 2.75) is 31.4 Å². The molecular weight excluding hydrogens is 332 g/mol. The Kier molecular flexibility index (Phi) is 4.45. The summed E-state index contributed by atoms with van der Waals surface area (Å²) in [6.45, 7) is 6.63. The number of aromatic nitrogens is 1. The third kappa shape index (κ3) is 2.89. The highest BCUT2D eigenvalue weighted by molar-refractivity contribution is 8.01. The number of rotatable bonds is 3. The van der Waals surface area contributed by atoms with Crippen molar-refractivity contribution in [3.05, 3.63) is 51.8 Å². The Hall–Kier alpha value is -1.43. The predicted molar refractivity (Wildman–Crippen MR) is 94.7 cm³/mol. The van der Waals surface area contributed by atoms with Crippen molar-refractivity contribution >= 4 is 29.3 Å². The molecule has 2 N–H and O–H groups in total. The Morgan fingerprint density at radius 1 is 1.39 bits per heavy atom. The third-order valence-corrected chi connectivity index (χ3v) is 6.10. The number of nitrogens with one attached hydrogen (secondary N) is 1. The molecule has 1 aliphatic rings. The van der Waals surface area contributed by atoms with Gasteiger partial charge in [-0.2, -0.15) is 0 Å². The molecular formula is C17H19ClN2O2S. The number of nitrogens with zero attached hydrogens (tertiary/aromatic N) is 1. The molecule has 1 aliphatic heterocycles. The smallest absolute Gasteiger partial charge is 0.318 e. The minimum atomic E-state index is -0.760. The molecule has 0 unspecified atom stereocenters. The molecule has 1 saturated heterocycles. The van der Waals surface area contributed by atoms with Crippen LogP contribution in [-0.4, -0.2) is 27.4 Å². The number of hydrogen-bond donors (Lipinski definition) is 2. The van der Waals surface area contributed by atoms with E-state index in [1.54, 1.807) is 0 Å². The van der Waals surface area contributed by atoms with Crippen LogP contribution in [0.1, 0.15) is 27.9 Å². The Bertz CT molecular complexity index is 772. The van der Waals surface area contributed by atoms with E-state index in [0.29, 0.717) is 6.54 Å². The van der Waals surface area contributed by atoms with Crippen molar-refractivity contribution in [2.75, 3.05) is 6.54 Å². The van der Waals surface area contributed by atoms with Crippen LogP contribution in [0.25, 0.3) is 5.69 Å². The lowest BCUT2D eigenvalue weighted by Gasteiger charge is -2.15. The number of carboxylic acids is 1. The molecule has 1 aromatic carbocycles. The first-order valence-electron chi connectivity index (χ1n) is 7.46. The molecule has 1 aromatic heterocycles. The molecule has 2 aromatic rings. The first kappa shape index (κ1) is 16.4. The van der Waals surface area contributed by atoms with Gasteiger partial charge < -0.3 is 9.67 Å². The van der Waals surface area contributed by atoms with Gasteiger partial charge >= 0.3 is 5.97 Å². The second kappa shape index (κ2) is 6.23. The number of aliphatic carboxylic acids is 1. The van der Waals surface area contributed by atoms with Gasteiger partial charge in [0.05, 0.1) is 5.37 Å². The van der Waals surface area contributed by atoms with Gasteiger partial charge in [-0.3, -0.25) is 10.1 Å². The fourth-order valence-electron chi connectivity index (χ4n) is 3.07. The minimum Gasteiger partial charge on any atom is -0.480 e. The van der Waals surface area contributed by atoms with Crippen molar-refractivity contribution in [1.29, 1.82) is 0 Å². The average Bonchev–Trinajstić information content (AvgIpc) is 3.08. The van der Waals surface area contributed by atoms with Gasteiger partial charge in [-0.15, -0.1) is 11.8 Å². The van der Waals surface area contributed by atoms with Crippen LogP contribution in [-0.2, 0) is 4.79 Å². The van der Waals surface area contributed by atoms with Crippen LogP contribution >= 0.6 is 23.4 Å². The van der Waals surface area contributed by atoms with E-state index in [1.807, 2.05) is 19.1 Å². The van der Waals surface area contributed by atoms with Crippen LogP contribution < -0.4 is 5.32 Å². The highest BCUT2D eigenvalue weighted by atomic mass is 35.5. The maximum absolute atomic E-state index is 11.2. The molecule has 6 heteroatoms. The largest absolute Gasteiger partial charge is 0.480 e. The van der Waals surface area contributed by atoms with Gasteiger partial charge in [-0.05, 0) is 44.5 Å². The zero-order chi connectivity index (χ0) is 16.7. The number of carbonyl (C=O) groups is 1. The van der Waals surface area contributed by atoms with E-state index in [2.05, 4.69) is 35.9 Å². The first-order chi connectivity index (χ1) is 10.9. The number of aryl methyl sites for hydroxylation is 1. The quantitative estimate of drug-likeness (QED) is 0.883. The number of carboxylic acid groups (broad SMARTS) is 1. The Morgan fingerprint density at radius 3 is 2.78 bits per heavy atom. The third-order valence-electron chi connectivity index (χ3n) is 4.30. The summed E-state index contributed by atoms with van der Waals surface area (Å²) in [5.41, 5.74) is 5.47. The second-order valence-electron chi connectivity index (χ2n) is 5.80. The maximum atomic E-state index is 11.2. The average molecular weight is 351 g/mol. The van der Waals surface area contributed by atoms with Crippen molar-refractivity contribution in [2.24, 2.45) is 0 Å². The van der Waals surface area contributed by atoms with E-state index in [9.17, 15) is 9.90 Å². The molecule has 0 amide bonds. The fourth-order valence-corrected chi connectivity index (χ4v) is 4.45. The number of hydrogen-bond acceptors (Lipinski definition) is 3. The number of thioether (sulfide) groups is 1. The van der Waals surface area contributed by atoms with Crippen LogP contribution in [0.3, 0.4) is 0 Å². The molecule has 4 nitrogen and oxygen atoms in total. The predicted octanol–water partition coefficient (Wildman–Crippen LogP) is 3.84. The van der Waals surface area contributed by atoms with E-state index in [-0.39, 0.29) is 5.37 Å². The van der Waals surface area contributed by atoms with Gasteiger partial charge in [0.1, 0.15) is 5.25 Å². The zero-order valence-corrected chi connectivity index (χ0v) is 14.8. The summed E-state index contributed by atoms with van der Waals surface area (Å²) in [6, 6.07) is 8.03. The van der Waals surface area contributed by atoms with Crippen LogP contribution in [0, 0.1) is 20.8 Å². The van der Waals surface area contributed by atoms with Crippen molar-refractivity contribution in [1.82, 2.24) is 9.88 Å². The lowest BCUT2D eigenvalue weighted by molar-refractivity contribution is -0.136. The lowest BCUT2D eigenvalue weighted by atomic mass is 10.2. The number of halogens is 1. The Labute approximate surface area is 144 Å². The van der Waals surface area contributed by atoms with E-state index >= 15 is 0 Å². The van der Waals surface area contributed by atoms with Crippen LogP contribution in [0.2, 0.25) is 5.02 Å². The molecule has 2 atom stereocenters. The summed E-state index contributed by atoms with van der Waals surface area (Å²) in [7, 11) is 0. The Balaban J connectivity index is 2.01. The lowest BCUT2D eigenvalue weighted by Crippen LogP contribution is -2.21. The molecule has 0 spiro atoms. The topological polar surface area (TPSA) is 54.3 Å². The standard InChI is InChI=1S/C17H19ClN2O2S/c1-9-7-12(16-19-8-15(23-16)17(21)22)11(3)20(9)14-6-4-5-13(18)10(14)2/h4-7,15-16,19H,8H2,1-3H3,(H,21,22)/t15-,16-/m1/s1. The van der Waals surface area contributed by atoms with Gasteiger partial charge in [-0.1, -0.05) is 17.7 Å². The monoisotopic (exact) mass is 350 g/mol. The summed E-state index contributed by atoms with van der Waals surface area (Å²) in [4.78, 5) is 11.2. The van der Waals surface area contributed by atoms with Crippen LogP contribution in [0.15, 0.2) is 24.3 Å². The molecule has 23 heavy (non-hydrogen) atoms. The highest BCUT2D eigenvalue weighted by Gasteiger charge is 2.32. The summed E-state index contributed by atoms with van der Waals surface area (Å²) < 4.78 is 2.19. The summed E-state index contributed by atoms with van der Waals surface area (Å²) in [5, 5.41) is 12.8. The van der Waals surface area contributed by atoms with E-state index in [4.69, 9.17) is 11.6 Å². The molecule has 0 aliphatic carbocycles. The molecule has 122 valence electrons. The minimum absolute atomic E-state index is 0.00976. The molecule has 0 radical (unpaired) electrons. The molecule has 0 saturated carbocycles. The normalized spacial score (nSPS) is 20.9. The van der Waals surface area contributed by atoms with Crippen molar-refractivity contribution in [3.8, 4) is 5.69 Å². The number of benzene rings is 1. The summed E-state index contributed by atoms with van der Waals surface area (Å²) >= 11 is 7.72. The van der Waals surface area contributed by atoms with Crippen LogP contribution in [0.4, 0.5) is 0 Å². The van der Waals surface area contributed by atoms with Crippen molar-refractivity contribution in [3.63, 3.8) is 0 Å². The van der Waals surface area contributed by atoms with Gasteiger partial charge in [0, 0.05) is 34.2 Å². The van der Waals surface area contributed by atoms with Gasteiger partial charge in [0.2, 0.25) is 0 Å². The summed E-state index contributed by atoms with van der Waals surface area (Å²) in [5.74, 6) is -0.760. The van der Waals surface area contributed by atoms with Gasteiger partial charge in [0.15, 0.2) is 0 Å². The van der Waals surface area contributed by atoms with E-state index in [1.165, 1.54) is 11.8 Å². The second-order valence-corrected chi connectivity index (χ2v) is 7.52.